The Morgan fingerprint density at radius 3 is 2.69 bits per heavy atom. The largest absolute Gasteiger partial charge is 0.388 e. The minimum absolute atomic E-state index is 0.0641. The number of amides is 1. The second-order valence-electron chi connectivity index (χ2n) is 8.30. The van der Waals surface area contributed by atoms with Gasteiger partial charge in [-0.25, -0.2) is 26.6 Å². The smallest absolute Gasteiger partial charge is 0.271 e. The molecule has 0 bridgehead atoms. The van der Waals surface area contributed by atoms with Crippen LogP contribution in [0.25, 0.3) is 16.6 Å². The summed E-state index contributed by atoms with van der Waals surface area (Å²) in [4.78, 5) is 15.5. The summed E-state index contributed by atoms with van der Waals surface area (Å²) in [5, 5.41) is 12.5. The molecule has 8 nitrogen and oxygen atoms in total. The number of carbonyl (C=O) groups is 1. The van der Waals surface area contributed by atoms with E-state index in [1.165, 1.54) is 36.1 Å². The lowest BCUT2D eigenvalue weighted by Crippen LogP contribution is -2.18. The molecule has 36 heavy (non-hydrogen) atoms. The van der Waals surface area contributed by atoms with Gasteiger partial charge in [-0.05, 0) is 54.3 Å². The van der Waals surface area contributed by atoms with Crippen molar-refractivity contribution in [1.82, 2.24) is 14.7 Å². The van der Waals surface area contributed by atoms with Crippen LogP contribution < -0.4 is 10.0 Å². The van der Waals surface area contributed by atoms with E-state index in [0.717, 1.165) is 24.3 Å². The summed E-state index contributed by atoms with van der Waals surface area (Å²) < 4.78 is 74.1. The number of halogens is 3. The van der Waals surface area contributed by atoms with Gasteiger partial charge in [0.25, 0.3) is 15.9 Å². The highest BCUT2D eigenvalue weighted by Crippen LogP contribution is 2.37. The molecule has 1 aliphatic carbocycles. The van der Waals surface area contributed by atoms with Crippen molar-refractivity contribution in [2.24, 2.45) is 0 Å². The zero-order valence-electron chi connectivity index (χ0n) is 18.7. The molecule has 2 aromatic heterocycles. The van der Waals surface area contributed by atoms with Crippen molar-refractivity contribution in [1.29, 1.82) is 0 Å². The number of nitrogens with one attached hydrogen (secondary N) is 2. The van der Waals surface area contributed by atoms with E-state index in [1.807, 2.05) is 0 Å². The summed E-state index contributed by atoms with van der Waals surface area (Å²) in [6.45, 7) is 0. The Morgan fingerprint density at radius 1 is 1.17 bits per heavy atom. The number of aromatic nitrogens is 2. The third kappa shape index (κ3) is 3.88. The average molecular weight is 517 g/mol. The number of rotatable bonds is 5. The van der Waals surface area contributed by atoms with Crippen LogP contribution in [0.4, 0.5) is 18.9 Å². The molecule has 0 fully saturated rings. The lowest BCUT2D eigenvalue weighted by atomic mass is 10.0. The standard InChI is InChI=1S/C24H19F3N4O4S/c1-28-24(33)23-18-6-2-12(10-31(18)11-29-23)21-16(26)4-5-17(22(21)27)30-36(34,35)20-9-13(25)8-15-14(20)3-7-19(15)32/h2,4-6,8-11,19,30,32H,3,7H2,1H3,(H,28,33). The van der Waals surface area contributed by atoms with Gasteiger partial charge in [0.05, 0.1) is 27.8 Å². The highest BCUT2D eigenvalue weighted by molar-refractivity contribution is 7.92. The molecule has 0 saturated heterocycles. The molecule has 0 radical (unpaired) electrons. The third-order valence-electron chi connectivity index (χ3n) is 6.12. The van der Waals surface area contributed by atoms with Crippen molar-refractivity contribution in [3.05, 3.63) is 83.2 Å². The Labute approximate surface area is 203 Å². The first-order chi connectivity index (χ1) is 17.1. The molecule has 0 aliphatic heterocycles. The monoisotopic (exact) mass is 516 g/mol. The minimum atomic E-state index is -4.49. The van der Waals surface area contributed by atoms with Gasteiger partial charge in [0.1, 0.15) is 18.0 Å². The van der Waals surface area contributed by atoms with Crippen LogP contribution in [-0.2, 0) is 16.4 Å². The minimum Gasteiger partial charge on any atom is -0.388 e. The van der Waals surface area contributed by atoms with E-state index < -0.39 is 55.6 Å². The fourth-order valence-electron chi connectivity index (χ4n) is 4.41. The zero-order valence-corrected chi connectivity index (χ0v) is 19.5. The fourth-order valence-corrected chi connectivity index (χ4v) is 5.78. The Kier molecular flexibility index (Phi) is 5.72. The maximum absolute atomic E-state index is 15.5. The number of benzene rings is 2. The Bertz CT molecular complexity index is 1650. The highest BCUT2D eigenvalue weighted by Gasteiger charge is 2.30. The molecule has 4 aromatic rings. The summed E-state index contributed by atoms with van der Waals surface area (Å²) in [6.07, 6.45) is 2.10. The van der Waals surface area contributed by atoms with E-state index in [0.29, 0.717) is 5.52 Å². The van der Waals surface area contributed by atoms with Crippen LogP contribution in [0.15, 0.2) is 53.8 Å². The molecule has 1 unspecified atom stereocenters. The number of aliphatic hydroxyl groups excluding tert-OH is 1. The molecule has 186 valence electrons. The first-order valence-corrected chi connectivity index (χ1v) is 12.3. The summed E-state index contributed by atoms with van der Waals surface area (Å²) in [7, 11) is -3.04. The summed E-state index contributed by atoms with van der Waals surface area (Å²) in [6, 6.07) is 6.56. The molecular formula is C24H19F3N4O4S. The van der Waals surface area contributed by atoms with Crippen LogP contribution in [0.1, 0.15) is 34.1 Å². The van der Waals surface area contributed by atoms with Gasteiger partial charge in [0.15, 0.2) is 11.5 Å². The quantitative estimate of drug-likeness (QED) is 0.376. The van der Waals surface area contributed by atoms with Crippen LogP contribution in [-0.4, -0.2) is 35.9 Å². The second kappa shape index (κ2) is 8.64. The number of fused-ring (bicyclic) bond motifs is 2. The van der Waals surface area contributed by atoms with Gasteiger partial charge in [0, 0.05) is 18.8 Å². The molecule has 2 aromatic carbocycles. The van der Waals surface area contributed by atoms with E-state index in [4.69, 9.17) is 0 Å². The number of imidazole rings is 1. The highest BCUT2D eigenvalue weighted by atomic mass is 32.2. The van der Waals surface area contributed by atoms with Gasteiger partial charge in [-0.2, -0.15) is 0 Å². The van der Waals surface area contributed by atoms with Gasteiger partial charge >= 0.3 is 0 Å². The SMILES string of the molecule is CNC(=O)c1ncn2cc(-c3c(F)ccc(NS(=O)(=O)c4cc(F)cc5c4CCC5O)c3F)ccc12. The van der Waals surface area contributed by atoms with Crippen LogP contribution >= 0.6 is 0 Å². The first kappa shape index (κ1) is 23.8. The molecule has 1 amide bonds. The number of anilines is 1. The van der Waals surface area contributed by atoms with Gasteiger partial charge in [-0.15, -0.1) is 0 Å². The van der Waals surface area contributed by atoms with E-state index in [-0.39, 0.29) is 35.2 Å². The molecular weight excluding hydrogens is 497 g/mol. The molecule has 0 spiro atoms. The molecule has 1 atom stereocenters. The second-order valence-corrected chi connectivity index (χ2v) is 9.95. The Morgan fingerprint density at radius 2 is 1.94 bits per heavy atom. The van der Waals surface area contributed by atoms with Gasteiger partial charge in [0.2, 0.25) is 0 Å². The fraction of sp³-hybridized carbons (Fsp3) is 0.167. The van der Waals surface area contributed by atoms with E-state index in [2.05, 4.69) is 15.0 Å². The Hall–Kier alpha value is -3.90. The van der Waals surface area contributed by atoms with Crippen molar-refractivity contribution in [3.8, 4) is 11.1 Å². The predicted molar refractivity (Wildman–Crippen MR) is 124 cm³/mol. The maximum atomic E-state index is 15.5. The molecule has 2 heterocycles. The Balaban J connectivity index is 1.56. The zero-order chi connectivity index (χ0) is 25.8. The van der Waals surface area contributed by atoms with Crippen LogP contribution in [0.3, 0.4) is 0 Å². The van der Waals surface area contributed by atoms with Crippen molar-refractivity contribution in [3.63, 3.8) is 0 Å². The van der Waals surface area contributed by atoms with Crippen molar-refractivity contribution in [2.45, 2.75) is 23.8 Å². The normalized spacial score (nSPS) is 15.2. The third-order valence-corrected chi connectivity index (χ3v) is 7.55. The number of pyridine rings is 1. The lowest BCUT2D eigenvalue weighted by molar-refractivity contribution is 0.0960. The van der Waals surface area contributed by atoms with Gasteiger partial charge in [-0.3, -0.25) is 9.52 Å². The molecule has 3 N–H and O–H groups in total. The number of sulfonamides is 1. The summed E-state index contributed by atoms with van der Waals surface area (Å²) in [5.41, 5.74) is -0.0460. The van der Waals surface area contributed by atoms with Gasteiger partial charge in [-0.1, -0.05) is 6.07 Å². The number of nitrogens with zero attached hydrogens (tertiary/aromatic N) is 2. The summed E-state index contributed by atoms with van der Waals surface area (Å²) in [5.74, 6) is -3.43. The van der Waals surface area contributed by atoms with Crippen LogP contribution in [0, 0.1) is 17.5 Å². The number of hydrogen-bond donors (Lipinski definition) is 3. The van der Waals surface area contributed by atoms with Crippen molar-refractivity contribution in [2.75, 3.05) is 11.8 Å². The molecule has 0 saturated carbocycles. The predicted octanol–water partition coefficient (Wildman–Crippen LogP) is 3.56. The van der Waals surface area contributed by atoms with E-state index in [1.54, 1.807) is 0 Å². The van der Waals surface area contributed by atoms with E-state index in [9.17, 15) is 27.1 Å². The van der Waals surface area contributed by atoms with Gasteiger partial charge < -0.3 is 14.8 Å². The molecule has 1 aliphatic rings. The topological polar surface area (TPSA) is 113 Å². The first-order valence-electron chi connectivity index (χ1n) is 10.8. The average Bonchev–Trinajstić information content (AvgIpc) is 3.43. The van der Waals surface area contributed by atoms with E-state index >= 15 is 4.39 Å². The molecule has 12 heteroatoms. The van der Waals surface area contributed by atoms with Crippen LogP contribution in [0.2, 0.25) is 0 Å². The molecule has 5 rings (SSSR count). The number of aliphatic hydroxyl groups is 1. The number of carbonyl (C=O) groups excluding carboxylic acids is 1. The van der Waals surface area contributed by atoms with Crippen LogP contribution in [0.5, 0.6) is 0 Å². The lowest BCUT2D eigenvalue weighted by Gasteiger charge is -2.15. The summed E-state index contributed by atoms with van der Waals surface area (Å²) >= 11 is 0. The van der Waals surface area contributed by atoms with Crippen molar-refractivity contribution < 1.29 is 31.5 Å². The number of hydrogen-bond acceptors (Lipinski definition) is 5. The van der Waals surface area contributed by atoms with Crippen molar-refractivity contribution >= 4 is 27.1 Å². The maximum Gasteiger partial charge on any atom is 0.271 e.